The minimum atomic E-state index is -0.849. The predicted molar refractivity (Wildman–Crippen MR) is 123 cm³/mol. The fourth-order valence-electron chi connectivity index (χ4n) is 2.06. The van der Waals surface area contributed by atoms with Gasteiger partial charge in [-0.2, -0.15) is 12.6 Å². The van der Waals surface area contributed by atoms with Crippen molar-refractivity contribution in [2.75, 3.05) is 78.2 Å². The molecule has 0 fully saturated rings. The van der Waals surface area contributed by atoms with E-state index < -0.39 is 17.9 Å². The van der Waals surface area contributed by atoms with E-state index in [4.69, 9.17) is 24.7 Å². The zero-order valence-electron chi connectivity index (χ0n) is 19.3. The van der Waals surface area contributed by atoms with Gasteiger partial charge in [0.05, 0.1) is 46.2 Å². The van der Waals surface area contributed by atoms with Crippen molar-refractivity contribution < 1.29 is 42.9 Å². The van der Waals surface area contributed by atoms with Crippen LogP contribution >= 0.6 is 12.6 Å². The lowest BCUT2D eigenvalue weighted by Gasteiger charge is -2.12. The molecule has 0 radical (unpaired) electrons. The van der Waals surface area contributed by atoms with Crippen LogP contribution in [0.2, 0.25) is 0 Å². The molecule has 0 saturated carbocycles. The number of ether oxygens (including phenoxy) is 4. The number of hydrogen-bond acceptors (Lipinski definition) is 10. The van der Waals surface area contributed by atoms with E-state index >= 15 is 0 Å². The first-order valence-electron chi connectivity index (χ1n) is 10.5. The normalized spacial score (nSPS) is 11.4. The molecule has 5 amide bonds. The predicted octanol–water partition coefficient (Wildman–Crippen LogP) is -3.68. The molecule has 0 saturated heterocycles. The van der Waals surface area contributed by atoms with Gasteiger partial charge in [-0.25, -0.2) is 0 Å². The fraction of sp³-hybridized carbons (Fsp3) is 0.737. The third-order valence-corrected chi connectivity index (χ3v) is 4.07. The Labute approximate surface area is 203 Å². The molecule has 196 valence electrons. The van der Waals surface area contributed by atoms with Gasteiger partial charge >= 0.3 is 0 Å². The van der Waals surface area contributed by atoms with E-state index in [1.54, 1.807) is 0 Å². The molecule has 6 N–H and O–H groups in total. The molecular weight excluding hydrogens is 474 g/mol. The maximum absolute atomic E-state index is 11.6. The second kappa shape index (κ2) is 21.1. The first-order valence-corrected chi connectivity index (χ1v) is 11.2. The number of primary amides is 1. The summed E-state index contributed by atoms with van der Waals surface area (Å²) in [5.41, 5.74) is 5.09. The SMILES string of the molecule is CC(=O)NCC(=O)NCCOCCOCC(=O)NCCOCCOCC(=O)N[C@H](CS)C(N)=O. The Morgan fingerprint density at radius 2 is 1.24 bits per heavy atom. The summed E-state index contributed by atoms with van der Waals surface area (Å²) in [6.07, 6.45) is 0. The number of nitrogens with one attached hydrogen (secondary N) is 4. The van der Waals surface area contributed by atoms with Crippen LogP contribution < -0.4 is 27.0 Å². The van der Waals surface area contributed by atoms with Gasteiger partial charge in [0.25, 0.3) is 0 Å². The topological polar surface area (TPSA) is 196 Å². The number of amides is 5. The van der Waals surface area contributed by atoms with E-state index in [0.29, 0.717) is 6.54 Å². The molecule has 0 spiro atoms. The van der Waals surface area contributed by atoms with Crippen LogP contribution in [-0.4, -0.2) is 114 Å². The van der Waals surface area contributed by atoms with E-state index in [1.165, 1.54) is 6.92 Å². The fourth-order valence-corrected chi connectivity index (χ4v) is 2.33. The summed E-state index contributed by atoms with van der Waals surface area (Å²) >= 11 is 3.92. The minimum Gasteiger partial charge on any atom is -0.377 e. The van der Waals surface area contributed by atoms with Gasteiger partial charge in [-0.15, -0.1) is 0 Å². The van der Waals surface area contributed by atoms with E-state index in [9.17, 15) is 24.0 Å². The lowest BCUT2D eigenvalue weighted by Crippen LogP contribution is -2.47. The Kier molecular flexibility index (Phi) is 19.6. The maximum atomic E-state index is 11.6. The Morgan fingerprint density at radius 1 is 0.735 bits per heavy atom. The van der Waals surface area contributed by atoms with Crippen molar-refractivity contribution in [1.29, 1.82) is 0 Å². The Hall–Kier alpha value is -2.46. The van der Waals surface area contributed by atoms with Gasteiger partial charge < -0.3 is 45.9 Å². The molecule has 0 aliphatic rings. The molecular formula is C19H35N5O9S. The molecule has 0 heterocycles. The van der Waals surface area contributed by atoms with Crippen LogP contribution in [0.1, 0.15) is 6.92 Å². The largest absolute Gasteiger partial charge is 0.377 e. The highest BCUT2D eigenvalue weighted by molar-refractivity contribution is 7.80. The monoisotopic (exact) mass is 509 g/mol. The molecule has 0 aliphatic carbocycles. The third kappa shape index (κ3) is 20.2. The third-order valence-electron chi connectivity index (χ3n) is 3.71. The Balaban J connectivity index is 3.44. The molecule has 0 bridgehead atoms. The quantitative estimate of drug-likeness (QED) is 0.0667. The number of nitrogens with two attached hydrogens (primary N) is 1. The summed E-state index contributed by atoms with van der Waals surface area (Å²) in [6.45, 7) is 2.81. The van der Waals surface area contributed by atoms with Crippen molar-refractivity contribution in [1.82, 2.24) is 21.3 Å². The van der Waals surface area contributed by atoms with Crippen LogP contribution in [0.3, 0.4) is 0 Å². The second-order valence-electron chi connectivity index (χ2n) is 6.64. The van der Waals surface area contributed by atoms with Crippen molar-refractivity contribution in [3.05, 3.63) is 0 Å². The second-order valence-corrected chi connectivity index (χ2v) is 7.01. The molecule has 34 heavy (non-hydrogen) atoms. The summed E-state index contributed by atoms with van der Waals surface area (Å²) in [4.78, 5) is 56.2. The highest BCUT2D eigenvalue weighted by Crippen LogP contribution is 1.88. The highest BCUT2D eigenvalue weighted by Gasteiger charge is 2.15. The molecule has 1 atom stereocenters. The van der Waals surface area contributed by atoms with Gasteiger partial charge in [0.1, 0.15) is 19.3 Å². The standard InChI is InChI=1S/C19H35N5O9S/c1-14(25)23-10-16(26)21-2-4-30-6-8-32-11-17(27)22-3-5-31-7-9-33-12-18(28)24-15(13-34)19(20)29/h15,34H,2-13H2,1H3,(H2,20,29)(H,21,26)(H,22,27)(H,23,25)(H,24,28)/t15-/m1/s1. The van der Waals surface area contributed by atoms with E-state index in [1.807, 2.05) is 0 Å². The lowest BCUT2D eigenvalue weighted by atomic mass is 10.3. The average Bonchev–Trinajstić information content (AvgIpc) is 2.79. The van der Waals surface area contributed by atoms with Gasteiger partial charge in [0, 0.05) is 25.8 Å². The average molecular weight is 510 g/mol. The van der Waals surface area contributed by atoms with Gasteiger partial charge in [0.2, 0.25) is 29.5 Å². The number of carbonyl (C=O) groups excluding carboxylic acids is 5. The summed E-state index contributed by atoms with van der Waals surface area (Å²) in [5.74, 6) is -1.97. The van der Waals surface area contributed by atoms with Crippen molar-refractivity contribution in [3.63, 3.8) is 0 Å². The van der Waals surface area contributed by atoms with Crippen LogP contribution in [0, 0.1) is 0 Å². The highest BCUT2D eigenvalue weighted by atomic mass is 32.1. The molecule has 15 heteroatoms. The molecule has 0 aromatic carbocycles. The van der Waals surface area contributed by atoms with Gasteiger partial charge in [-0.05, 0) is 0 Å². The number of carbonyl (C=O) groups is 5. The smallest absolute Gasteiger partial charge is 0.246 e. The first-order chi connectivity index (χ1) is 16.3. The van der Waals surface area contributed by atoms with Crippen LogP contribution in [0.4, 0.5) is 0 Å². The van der Waals surface area contributed by atoms with Crippen LogP contribution in [0.5, 0.6) is 0 Å². The Bertz CT molecular complexity index is 639. The van der Waals surface area contributed by atoms with Crippen LogP contribution in [0.15, 0.2) is 0 Å². The van der Waals surface area contributed by atoms with E-state index in [2.05, 4.69) is 33.9 Å². The van der Waals surface area contributed by atoms with Crippen molar-refractivity contribution in [2.24, 2.45) is 5.73 Å². The van der Waals surface area contributed by atoms with Gasteiger partial charge in [0.15, 0.2) is 0 Å². The number of rotatable bonds is 21. The number of hydrogen-bond donors (Lipinski definition) is 6. The van der Waals surface area contributed by atoms with E-state index in [0.717, 1.165) is 0 Å². The van der Waals surface area contributed by atoms with E-state index in [-0.39, 0.29) is 89.4 Å². The van der Waals surface area contributed by atoms with Gasteiger partial charge in [-0.1, -0.05) is 0 Å². The Morgan fingerprint density at radius 3 is 1.74 bits per heavy atom. The summed E-state index contributed by atoms with van der Waals surface area (Å²) in [5, 5.41) is 9.94. The van der Waals surface area contributed by atoms with Crippen molar-refractivity contribution >= 4 is 42.2 Å². The molecule has 0 aliphatic heterocycles. The zero-order valence-corrected chi connectivity index (χ0v) is 20.2. The summed E-state index contributed by atoms with van der Waals surface area (Å²) in [6, 6.07) is -0.849. The molecule has 14 nitrogen and oxygen atoms in total. The van der Waals surface area contributed by atoms with Crippen molar-refractivity contribution in [2.45, 2.75) is 13.0 Å². The minimum absolute atomic E-state index is 0.0812. The number of thiol groups is 1. The molecule has 0 aromatic rings. The van der Waals surface area contributed by atoms with Crippen molar-refractivity contribution in [3.8, 4) is 0 Å². The molecule has 0 unspecified atom stereocenters. The zero-order chi connectivity index (χ0) is 25.6. The summed E-state index contributed by atoms with van der Waals surface area (Å²) < 4.78 is 20.8. The first kappa shape index (κ1) is 31.5. The van der Waals surface area contributed by atoms with Crippen LogP contribution in [-0.2, 0) is 42.9 Å². The van der Waals surface area contributed by atoms with Crippen LogP contribution in [0.25, 0.3) is 0 Å². The molecule has 0 rings (SSSR count). The lowest BCUT2D eigenvalue weighted by molar-refractivity contribution is -0.130. The molecule has 0 aromatic heterocycles. The maximum Gasteiger partial charge on any atom is 0.246 e. The van der Waals surface area contributed by atoms with Gasteiger partial charge in [-0.3, -0.25) is 24.0 Å². The summed E-state index contributed by atoms with van der Waals surface area (Å²) in [7, 11) is 0.